The summed E-state index contributed by atoms with van der Waals surface area (Å²) in [5.74, 6) is 0.896. The van der Waals surface area contributed by atoms with E-state index in [1.807, 2.05) is 19.4 Å². The number of nitrogens with zero attached hydrogens (tertiary/aromatic N) is 3. The summed E-state index contributed by atoms with van der Waals surface area (Å²) in [5.41, 5.74) is 1.66. The van der Waals surface area contributed by atoms with Gasteiger partial charge in [0.2, 0.25) is 0 Å². The number of piperidine rings is 1. The van der Waals surface area contributed by atoms with Crippen LogP contribution in [0.15, 0.2) is 12.4 Å². The van der Waals surface area contributed by atoms with Crippen LogP contribution in [-0.4, -0.2) is 33.8 Å². The van der Waals surface area contributed by atoms with Gasteiger partial charge in [0, 0.05) is 30.2 Å². The van der Waals surface area contributed by atoms with Crippen LogP contribution in [0.3, 0.4) is 0 Å². The number of hydrogen-bond donors (Lipinski definition) is 2. The summed E-state index contributed by atoms with van der Waals surface area (Å²) in [6, 6.07) is 0. The Balaban J connectivity index is 1.47. The molecule has 4 rings (SSSR count). The molecule has 2 N–H and O–H groups in total. The Morgan fingerprint density at radius 1 is 1.19 bits per heavy atom. The third-order valence-corrected chi connectivity index (χ3v) is 6.65. The maximum absolute atomic E-state index is 12.9. The predicted molar refractivity (Wildman–Crippen MR) is 104 cm³/mol. The Morgan fingerprint density at radius 3 is 2.73 bits per heavy atom. The Hall–Kier alpha value is -1.73. The number of rotatable bonds is 4. The molecule has 0 bridgehead atoms. The minimum Gasteiger partial charge on any atom is -0.317 e. The molecule has 7 heteroatoms. The van der Waals surface area contributed by atoms with Gasteiger partial charge in [0.1, 0.15) is 0 Å². The van der Waals surface area contributed by atoms with E-state index in [2.05, 4.69) is 20.7 Å². The summed E-state index contributed by atoms with van der Waals surface area (Å²) in [6.45, 7) is 2.12. The molecule has 2 aromatic heterocycles. The van der Waals surface area contributed by atoms with Gasteiger partial charge in [0.25, 0.3) is 5.91 Å². The van der Waals surface area contributed by atoms with Gasteiger partial charge in [-0.1, -0.05) is 19.3 Å². The highest BCUT2D eigenvalue weighted by Gasteiger charge is 2.25. The highest BCUT2D eigenvalue weighted by Crippen LogP contribution is 2.35. The second-order valence-electron chi connectivity index (χ2n) is 7.48. The fourth-order valence-corrected chi connectivity index (χ4v) is 5.14. The number of aromatic nitrogens is 3. The van der Waals surface area contributed by atoms with Crippen LogP contribution in [0.4, 0.5) is 5.13 Å². The first kappa shape index (κ1) is 17.7. The van der Waals surface area contributed by atoms with Crippen LogP contribution >= 0.6 is 11.3 Å². The van der Waals surface area contributed by atoms with Crippen LogP contribution in [0.1, 0.15) is 77.7 Å². The van der Waals surface area contributed by atoms with Crippen LogP contribution in [0, 0.1) is 0 Å². The average molecular weight is 374 g/mol. The first-order valence-corrected chi connectivity index (χ1v) is 10.5. The zero-order valence-electron chi connectivity index (χ0n) is 15.3. The highest BCUT2D eigenvalue weighted by molar-refractivity contribution is 7.15. The molecule has 2 fully saturated rings. The molecule has 6 nitrogen and oxygen atoms in total. The van der Waals surface area contributed by atoms with Gasteiger partial charge in [0.05, 0.1) is 11.3 Å². The third-order valence-electron chi connectivity index (χ3n) is 5.58. The average Bonchev–Trinajstić information content (AvgIpc) is 3.30. The molecule has 2 aliphatic rings. The van der Waals surface area contributed by atoms with Gasteiger partial charge < -0.3 is 5.32 Å². The molecule has 0 aromatic carbocycles. The van der Waals surface area contributed by atoms with Gasteiger partial charge in [-0.05, 0) is 44.7 Å². The van der Waals surface area contributed by atoms with Crippen LogP contribution in [0.5, 0.6) is 0 Å². The predicted octanol–water partition coefficient (Wildman–Crippen LogP) is 3.64. The Kier molecular flexibility index (Phi) is 5.36. The van der Waals surface area contributed by atoms with Gasteiger partial charge in [-0.2, -0.15) is 5.10 Å². The van der Waals surface area contributed by atoms with Crippen molar-refractivity contribution in [1.82, 2.24) is 20.1 Å². The molecular weight excluding hydrogens is 346 g/mol. The number of nitrogens with one attached hydrogen (secondary N) is 2. The number of hydrogen-bond acceptors (Lipinski definition) is 5. The second kappa shape index (κ2) is 7.88. The summed E-state index contributed by atoms with van der Waals surface area (Å²) in [7, 11) is 1.89. The molecule has 1 amide bonds. The zero-order valence-corrected chi connectivity index (χ0v) is 16.1. The molecule has 1 saturated carbocycles. The topological polar surface area (TPSA) is 71.8 Å². The lowest BCUT2D eigenvalue weighted by atomic mass is 9.85. The maximum atomic E-state index is 12.9. The molecule has 2 aromatic rings. The molecule has 140 valence electrons. The van der Waals surface area contributed by atoms with Crippen molar-refractivity contribution in [2.24, 2.45) is 7.05 Å². The lowest BCUT2D eigenvalue weighted by Gasteiger charge is -2.20. The smallest absolute Gasteiger partial charge is 0.260 e. The normalized spacial score (nSPS) is 19.6. The first-order chi connectivity index (χ1) is 12.7. The number of thiazole rings is 1. The standard InChI is InChI=1S/C19H27N5OS/c1-24-12-15(17(23-24)14-5-3-2-4-6-14)18(25)22-19-21-11-16(26-19)13-7-9-20-10-8-13/h11-14,20H,2-10H2,1H3,(H,21,22,25). The molecule has 0 radical (unpaired) electrons. The van der Waals surface area contributed by atoms with E-state index in [-0.39, 0.29) is 5.91 Å². The van der Waals surface area contributed by atoms with Gasteiger partial charge in [-0.25, -0.2) is 4.98 Å². The van der Waals surface area contributed by atoms with Crippen molar-refractivity contribution >= 4 is 22.4 Å². The van der Waals surface area contributed by atoms with Crippen molar-refractivity contribution in [3.05, 3.63) is 28.5 Å². The van der Waals surface area contributed by atoms with E-state index in [9.17, 15) is 4.79 Å². The molecule has 0 unspecified atom stereocenters. The van der Waals surface area contributed by atoms with E-state index in [4.69, 9.17) is 0 Å². The fraction of sp³-hybridized carbons (Fsp3) is 0.632. The molecule has 1 saturated heterocycles. The maximum Gasteiger partial charge on any atom is 0.260 e. The molecule has 3 heterocycles. The van der Waals surface area contributed by atoms with Crippen molar-refractivity contribution < 1.29 is 4.79 Å². The Bertz CT molecular complexity index is 756. The Morgan fingerprint density at radius 2 is 1.96 bits per heavy atom. The number of anilines is 1. The number of carbonyl (C=O) groups excluding carboxylic acids is 1. The van der Waals surface area contributed by atoms with E-state index < -0.39 is 0 Å². The van der Waals surface area contributed by atoms with Crippen molar-refractivity contribution in [1.29, 1.82) is 0 Å². The first-order valence-electron chi connectivity index (χ1n) is 9.72. The summed E-state index contributed by atoms with van der Waals surface area (Å²) in [6.07, 6.45) is 12.1. The van der Waals surface area contributed by atoms with E-state index >= 15 is 0 Å². The molecule has 1 aliphatic heterocycles. The minimum absolute atomic E-state index is 0.0788. The third kappa shape index (κ3) is 3.83. The minimum atomic E-state index is -0.0788. The molecule has 0 atom stereocenters. The van der Waals surface area contributed by atoms with Crippen LogP contribution in [0.25, 0.3) is 0 Å². The van der Waals surface area contributed by atoms with E-state index in [1.54, 1.807) is 16.0 Å². The highest BCUT2D eigenvalue weighted by atomic mass is 32.1. The molecule has 26 heavy (non-hydrogen) atoms. The van der Waals surface area contributed by atoms with Crippen LogP contribution < -0.4 is 10.6 Å². The SMILES string of the molecule is Cn1cc(C(=O)Nc2ncc(C3CCNCC3)s2)c(C2CCCCC2)n1. The largest absolute Gasteiger partial charge is 0.317 e. The van der Waals surface area contributed by atoms with Gasteiger partial charge in [0.15, 0.2) is 5.13 Å². The van der Waals surface area contributed by atoms with Gasteiger partial charge >= 0.3 is 0 Å². The van der Waals surface area contributed by atoms with Crippen molar-refractivity contribution in [3.63, 3.8) is 0 Å². The molecule has 0 spiro atoms. The summed E-state index contributed by atoms with van der Waals surface area (Å²) < 4.78 is 1.77. The number of amides is 1. The van der Waals surface area contributed by atoms with Crippen molar-refractivity contribution in [2.75, 3.05) is 18.4 Å². The second-order valence-corrected chi connectivity index (χ2v) is 8.55. The fourth-order valence-electron chi connectivity index (χ4n) is 4.16. The van der Waals surface area contributed by atoms with E-state index in [1.165, 1.54) is 24.1 Å². The van der Waals surface area contributed by atoms with E-state index in [0.717, 1.165) is 44.5 Å². The van der Waals surface area contributed by atoms with Gasteiger partial charge in [-0.15, -0.1) is 11.3 Å². The summed E-state index contributed by atoms with van der Waals surface area (Å²) in [5, 5.41) is 11.7. The summed E-state index contributed by atoms with van der Waals surface area (Å²) >= 11 is 1.61. The van der Waals surface area contributed by atoms with E-state index in [0.29, 0.717) is 22.5 Å². The summed E-state index contributed by atoms with van der Waals surface area (Å²) in [4.78, 5) is 18.6. The van der Waals surface area contributed by atoms with Crippen LogP contribution in [-0.2, 0) is 7.05 Å². The van der Waals surface area contributed by atoms with Crippen LogP contribution in [0.2, 0.25) is 0 Å². The van der Waals surface area contributed by atoms with Gasteiger partial charge in [-0.3, -0.25) is 14.8 Å². The number of aryl methyl sites for hydroxylation is 1. The molecular formula is C19H27N5OS. The molecule has 1 aliphatic carbocycles. The zero-order chi connectivity index (χ0) is 17.9. The number of carbonyl (C=O) groups is 1. The van der Waals surface area contributed by atoms with Crippen molar-refractivity contribution in [2.45, 2.75) is 56.8 Å². The monoisotopic (exact) mass is 373 g/mol. The quantitative estimate of drug-likeness (QED) is 0.858. The lowest BCUT2D eigenvalue weighted by molar-refractivity contribution is 0.102. The lowest BCUT2D eigenvalue weighted by Crippen LogP contribution is -2.26. The van der Waals surface area contributed by atoms with Crippen molar-refractivity contribution in [3.8, 4) is 0 Å². The Labute approximate surface area is 158 Å².